The second-order valence-corrected chi connectivity index (χ2v) is 57.8. The number of thiol groups is 8. The molecule has 0 aliphatic rings. The van der Waals surface area contributed by atoms with Crippen molar-refractivity contribution >= 4 is 351 Å². The molecule has 0 aliphatic carbocycles. The molecule has 0 N–H and O–H groups in total. The predicted octanol–water partition coefficient (Wildman–Crippen LogP) is 22.9. The Morgan fingerprint density at radius 3 is 0.736 bits per heavy atom. The van der Waals surface area contributed by atoms with Crippen LogP contribution in [0.5, 0.6) is 0 Å². The summed E-state index contributed by atoms with van der Waals surface area (Å²) in [6, 6.07) is 13.5. The molecule has 4 heterocycles. The second-order valence-electron chi connectivity index (χ2n) is 39.1. The highest BCUT2D eigenvalue weighted by molar-refractivity contribution is 8.17. The third kappa shape index (κ3) is 65.0. The van der Waals surface area contributed by atoms with Gasteiger partial charge in [0.05, 0.1) is 60.3 Å². The first-order valence-electron chi connectivity index (χ1n) is 46.8. The van der Waals surface area contributed by atoms with Gasteiger partial charge >= 0.3 is 0 Å². The molecule has 4 aromatic rings. The highest BCUT2D eigenvalue weighted by atomic mass is 32.2. The van der Waals surface area contributed by atoms with Crippen LogP contribution in [-0.2, 0) is 95.9 Å². The molecule has 0 aliphatic heterocycles. The highest BCUT2D eigenvalue weighted by Gasteiger charge is 2.40. The van der Waals surface area contributed by atoms with E-state index in [1.165, 1.54) is 104 Å². The molecule has 0 radical (unpaired) electrons. The van der Waals surface area contributed by atoms with Gasteiger partial charge in [0.15, 0.2) is 32.0 Å². The number of rotatable bonds is 54. The smallest absolute Gasteiger partial charge is 0.255 e. The molecule has 0 spiro atoms. The molecule has 0 saturated heterocycles. The van der Waals surface area contributed by atoms with Gasteiger partial charge in [0, 0.05) is 170 Å². The Kier molecular flexibility index (Phi) is 74.2. The third-order valence-electron chi connectivity index (χ3n) is 21.4. The number of thioether (sulfide) groups is 8. The van der Waals surface area contributed by atoms with Gasteiger partial charge in [-0.15, -0.1) is 22.7 Å². The number of Topliss-reactive ketones (excluding diaryl/α,β-unsaturated/α-hetero) is 16. The highest BCUT2D eigenvalue weighted by Crippen LogP contribution is 2.38. The molecule has 0 fully saturated rings. The van der Waals surface area contributed by atoms with Crippen molar-refractivity contribution in [1.82, 2.24) is 0 Å². The lowest BCUT2D eigenvalue weighted by Gasteiger charge is -2.24. The van der Waals surface area contributed by atoms with E-state index in [4.69, 9.17) is 8.83 Å². The normalized spacial score (nSPS) is 13.2. The fourth-order valence-corrected chi connectivity index (χ4v) is 21.5. The van der Waals surface area contributed by atoms with Crippen LogP contribution >= 0.6 is 218 Å². The Morgan fingerprint density at radius 2 is 0.507 bits per heavy atom. The molecule has 0 amide bonds. The van der Waals surface area contributed by atoms with Gasteiger partial charge in [0.25, 0.3) is 10.2 Å². The maximum Gasteiger partial charge on any atom is 0.255 e. The Bertz CT molecular complexity index is 4870. The number of furan rings is 2. The van der Waals surface area contributed by atoms with Gasteiger partial charge in [-0.3, -0.25) is 115 Å². The minimum Gasteiger partial charge on any atom is -0.460 e. The Hall–Kier alpha value is -4.36. The van der Waals surface area contributed by atoms with Gasteiger partial charge in [0.1, 0.15) is 92.5 Å². The van der Waals surface area contributed by atoms with Gasteiger partial charge in [-0.25, -0.2) is 0 Å². The average molecular weight is 2400 g/mol. The first-order valence-corrected chi connectivity index (χ1v) is 60.1. The first-order chi connectivity index (χ1) is 67.5. The molecule has 0 bridgehead atoms. The summed E-state index contributed by atoms with van der Waals surface area (Å²) in [4.78, 5) is 281. The molecular formula is C104H152O26S18. The molecule has 4 rings (SSSR count). The van der Waals surface area contributed by atoms with Gasteiger partial charge in [0.2, 0.25) is 10.2 Å². The Labute approximate surface area is 961 Å². The summed E-state index contributed by atoms with van der Waals surface area (Å²) in [6.07, 6.45) is 3.94. The number of ketones is 16. The van der Waals surface area contributed by atoms with Crippen LogP contribution in [0, 0.1) is 59.2 Å². The lowest BCUT2D eigenvalue weighted by atomic mass is 9.94. The summed E-state index contributed by atoms with van der Waals surface area (Å²) in [5, 5.41) is 2.90. The largest absolute Gasteiger partial charge is 0.460 e. The van der Waals surface area contributed by atoms with E-state index in [0.29, 0.717) is 50.0 Å². The van der Waals surface area contributed by atoms with E-state index < -0.39 is 61.6 Å². The van der Waals surface area contributed by atoms with Crippen LogP contribution in [0.3, 0.4) is 0 Å². The van der Waals surface area contributed by atoms with Crippen molar-refractivity contribution < 1.29 is 124 Å². The van der Waals surface area contributed by atoms with Crippen molar-refractivity contribution in [2.24, 2.45) is 59.2 Å². The number of carbonyl (C=O) groups is 24. The van der Waals surface area contributed by atoms with Crippen molar-refractivity contribution in [1.29, 1.82) is 0 Å². The van der Waals surface area contributed by atoms with Gasteiger partial charge in [-0.1, -0.05) is 134 Å². The number of thiophene rings is 2. The molecule has 0 unspecified atom stereocenters. The Morgan fingerprint density at radius 1 is 0.270 bits per heavy atom. The van der Waals surface area contributed by atoms with Crippen molar-refractivity contribution in [3.05, 3.63) is 93.1 Å². The molecule has 44 heteroatoms. The van der Waals surface area contributed by atoms with Crippen LogP contribution < -0.4 is 0 Å². The average Bonchev–Trinajstić information content (AvgIpc) is 1.36. The van der Waals surface area contributed by atoms with Gasteiger partial charge in [-0.05, 0) is 213 Å². The topological polar surface area (TPSA) is 436 Å². The summed E-state index contributed by atoms with van der Waals surface area (Å²) in [7, 11) is 0. The van der Waals surface area contributed by atoms with Crippen LogP contribution in [0.1, 0.15) is 300 Å². The lowest BCUT2D eigenvalue weighted by Crippen LogP contribution is -2.33. The van der Waals surface area contributed by atoms with E-state index in [1.54, 1.807) is 153 Å². The summed E-state index contributed by atoms with van der Waals surface area (Å²) >= 11 is 44.1. The van der Waals surface area contributed by atoms with E-state index in [-0.39, 0.29) is 238 Å². The first kappa shape index (κ1) is 150. The van der Waals surface area contributed by atoms with Crippen LogP contribution in [-0.4, -0.2) is 217 Å². The maximum absolute atomic E-state index is 12.3. The minimum absolute atomic E-state index is 0.00130. The van der Waals surface area contributed by atoms with E-state index in [0.717, 1.165) is 94.1 Å². The van der Waals surface area contributed by atoms with Gasteiger partial charge in [-0.2, -0.15) is 101 Å². The molecule has 26 nitrogen and oxygen atoms in total. The Balaban J connectivity index is -0.000000802. The van der Waals surface area contributed by atoms with Crippen molar-refractivity contribution in [3.8, 4) is 0 Å². The second kappa shape index (κ2) is 73.3. The monoisotopic (exact) mass is 2390 g/mol. The zero-order valence-corrected chi connectivity index (χ0v) is 106. The fraction of sp³-hybridized carbons (Fsp3) is 0.615. The molecule has 4 aromatic heterocycles. The molecule has 832 valence electrons. The number of hydrogen-bond donors (Lipinski definition) is 8. The molecular weight excluding hydrogens is 2240 g/mol. The van der Waals surface area contributed by atoms with E-state index in [9.17, 15) is 115 Å². The minimum atomic E-state index is -0.902. The molecule has 148 heavy (non-hydrogen) atoms. The number of carbonyl (C=O) groups excluding carboxylic acids is 24. The quantitative estimate of drug-likeness (QED) is 0.0190. The van der Waals surface area contributed by atoms with E-state index >= 15 is 0 Å². The zero-order valence-electron chi connectivity index (χ0n) is 90.3. The van der Waals surface area contributed by atoms with Crippen molar-refractivity contribution in [2.75, 3.05) is 46.0 Å². The van der Waals surface area contributed by atoms with E-state index in [1.807, 2.05) is 44.5 Å². The van der Waals surface area contributed by atoms with Gasteiger partial charge < -0.3 is 8.83 Å². The predicted molar refractivity (Wildman–Crippen MR) is 639 cm³/mol. The summed E-state index contributed by atoms with van der Waals surface area (Å²) < 4.78 is 3.73. The summed E-state index contributed by atoms with van der Waals surface area (Å²) in [6.45, 7) is 49.1. The zero-order chi connectivity index (χ0) is 116. The van der Waals surface area contributed by atoms with E-state index in [2.05, 4.69) is 101 Å². The fourth-order valence-electron chi connectivity index (χ4n) is 10.6. The summed E-state index contributed by atoms with van der Waals surface area (Å²) in [5.74, 6) is -1.24. The number of hydrogen-bond acceptors (Lipinski definition) is 44. The van der Waals surface area contributed by atoms with Crippen molar-refractivity contribution in [3.63, 3.8) is 0 Å². The molecule has 0 saturated carbocycles. The van der Waals surface area contributed by atoms with Crippen LogP contribution in [0.2, 0.25) is 0 Å². The van der Waals surface area contributed by atoms with Crippen LogP contribution in [0.4, 0.5) is 0 Å². The lowest BCUT2D eigenvalue weighted by molar-refractivity contribution is -0.127. The third-order valence-corrected chi connectivity index (χ3v) is 35.2. The summed E-state index contributed by atoms with van der Waals surface area (Å²) in [5.41, 5.74) is 0. The van der Waals surface area contributed by atoms with Crippen LogP contribution in [0.25, 0.3) is 0 Å². The maximum atomic E-state index is 12.3. The standard InChI is InChI=1S/2C14H18O4S2.2C14H18O3S3.2C13H22O3S2.2C11H18O3S2/c1-9(15)10(7-12(16)14(2,3)19)8-20-13(17)11-5-4-6-18-11;1-9(15)10(8-19)7-12(16)14(2,3)20-13(17)11-5-4-6-18-11;1-9(15)10(7-12(16)14(2,3)18)8-20-13(17)11-5-4-6-19-11;1-9(15)10(8-18)7-12(16)14(2,3)20-13(17)11-5-4-6-19-11;1-8(2)12(16)18-7-10(9(3)14)6-11(15)13(4,5)17;1-8(2)12(16)18-13(4,5)11(15)6-10(7-17)9(3)14;1-7(12)9(6-16-8(2)13)5-10(14)11(3,4)15;1-7(12)9(6-15)5-10(14)11(3,4)16-8(2)13/h2*4-6,10,19H,7-8H2,1-3H3;2*4-6,10,18H,7-8H2,1-3H3;2*8,10,17H,6-7H2,1-5H3;2*9,15H,5-6H2,1-4H3/t6*10-;2*9-/m00000000/s1. The van der Waals surface area contributed by atoms with Crippen LogP contribution in [0.15, 0.2) is 80.7 Å². The van der Waals surface area contributed by atoms with Crippen molar-refractivity contribution in [2.45, 2.75) is 297 Å². The molecule has 8 atom stereocenters. The SMILES string of the molecule is CC(=O)SC(C)(C)C(=O)C[C@@H](CS)C(C)=O.CC(=O)SC[C@H](CC(=O)C(C)(C)S)C(C)=O.CC(=O)[C@H](CS)CC(=O)C(C)(C)SC(=O)C(C)C.CC(=O)[C@H](CS)CC(=O)C(C)(C)SC(=O)c1ccco1.CC(=O)[C@H](CS)CC(=O)C(C)(C)SC(=O)c1cccs1.CC(=O)[C@H](CSC(=O)C(C)C)CC(=O)C(C)(C)S.CC(=O)[C@H](CSC(=O)c1ccco1)CC(=O)C(C)(C)S.CC(=O)[C@H](CSC(=O)c1cccs1)CC(=O)C(C)(C)S. The molecule has 0 aromatic carbocycles.